The summed E-state index contributed by atoms with van der Waals surface area (Å²) in [5.41, 5.74) is 1.85. The van der Waals surface area contributed by atoms with Gasteiger partial charge in [-0.3, -0.25) is 9.36 Å². The fourth-order valence-corrected chi connectivity index (χ4v) is 2.82. The Bertz CT molecular complexity index is 678. The van der Waals surface area contributed by atoms with Crippen molar-refractivity contribution in [1.82, 2.24) is 4.57 Å². The van der Waals surface area contributed by atoms with Crippen LogP contribution >= 0.6 is 11.6 Å². The molecule has 3 nitrogen and oxygen atoms in total. The fourth-order valence-electron chi connectivity index (χ4n) is 2.58. The molecule has 2 heterocycles. The molecule has 3 rings (SSSR count). The maximum Gasteiger partial charge on any atom is 0.252 e. The van der Waals surface area contributed by atoms with Gasteiger partial charge in [0.15, 0.2) is 0 Å². The highest BCUT2D eigenvalue weighted by molar-refractivity contribution is 6.33. The highest BCUT2D eigenvalue weighted by Crippen LogP contribution is 2.30. The Hall–Kier alpha value is -1.74. The summed E-state index contributed by atoms with van der Waals surface area (Å²) in [7, 11) is 0. The van der Waals surface area contributed by atoms with E-state index in [1.165, 1.54) is 0 Å². The Labute approximate surface area is 117 Å². The van der Waals surface area contributed by atoms with E-state index in [2.05, 4.69) is 17.9 Å². The first kappa shape index (κ1) is 12.3. The largest absolute Gasteiger partial charge is 0.356 e. The van der Waals surface area contributed by atoms with Crippen molar-refractivity contribution in [2.24, 2.45) is 0 Å². The maximum atomic E-state index is 12.2. The van der Waals surface area contributed by atoms with Gasteiger partial charge in [0, 0.05) is 36.3 Å². The summed E-state index contributed by atoms with van der Waals surface area (Å²) in [5.74, 6) is 0.991. The molecule has 4 heteroatoms. The lowest BCUT2D eigenvalue weighted by atomic mass is 10.1. The average Bonchev–Trinajstić information content (AvgIpc) is 2.82. The van der Waals surface area contributed by atoms with Crippen molar-refractivity contribution < 1.29 is 0 Å². The standard InChI is InChI=1S/C15H15ClN2O/c1-2-17-7-8-18-14(17)9-11(10-15(18)19)12-5-3-4-6-13(12)16/h3-6,9-10H,2,7-8H2,1H3. The van der Waals surface area contributed by atoms with Gasteiger partial charge in [0.2, 0.25) is 0 Å². The molecular formula is C15H15ClN2O. The summed E-state index contributed by atoms with van der Waals surface area (Å²) in [6, 6.07) is 11.3. The summed E-state index contributed by atoms with van der Waals surface area (Å²) in [6.07, 6.45) is 0. The van der Waals surface area contributed by atoms with Crippen molar-refractivity contribution >= 4 is 17.4 Å². The quantitative estimate of drug-likeness (QED) is 0.841. The number of pyridine rings is 1. The third kappa shape index (κ3) is 2.04. The van der Waals surface area contributed by atoms with Gasteiger partial charge in [-0.15, -0.1) is 0 Å². The van der Waals surface area contributed by atoms with E-state index in [1.54, 1.807) is 6.07 Å². The van der Waals surface area contributed by atoms with Crippen LogP contribution in [0.3, 0.4) is 0 Å². The number of hydrogen-bond donors (Lipinski definition) is 0. The van der Waals surface area contributed by atoms with Crippen LogP contribution in [0.15, 0.2) is 41.2 Å². The van der Waals surface area contributed by atoms with Gasteiger partial charge in [0.25, 0.3) is 5.56 Å². The molecule has 1 aromatic carbocycles. The van der Waals surface area contributed by atoms with Crippen molar-refractivity contribution in [2.75, 3.05) is 18.0 Å². The smallest absolute Gasteiger partial charge is 0.252 e. The molecular weight excluding hydrogens is 260 g/mol. The molecule has 1 aromatic heterocycles. The molecule has 19 heavy (non-hydrogen) atoms. The van der Waals surface area contributed by atoms with Gasteiger partial charge < -0.3 is 4.90 Å². The molecule has 0 bridgehead atoms. The monoisotopic (exact) mass is 274 g/mol. The normalized spacial score (nSPS) is 13.7. The highest BCUT2D eigenvalue weighted by atomic mass is 35.5. The van der Waals surface area contributed by atoms with Crippen LogP contribution in [0.5, 0.6) is 0 Å². The molecule has 0 saturated carbocycles. The van der Waals surface area contributed by atoms with E-state index in [0.29, 0.717) is 5.02 Å². The Kier molecular flexibility index (Phi) is 3.07. The van der Waals surface area contributed by atoms with Crippen LogP contribution in [0.2, 0.25) is 5.02 Å². The number of anilines is 1. The third-order valence-corrected chi connectivity index (χ3v) is 3.92. The molecule has 0 atom stereocenters. The lowest BCUT2D eigenvalue weighted by Gasteiger charge is -2.16. The first-order valence-electron chi connectivity index (χ1n) is 6.45. The van der Waals surface area contributed by atoms with Gasteiger partial charge in [0.1, 0.15) is 5.82 Å². The molecule has 0 radical (unpaired) electrons. The van der Waals surface area contributed by atoms with Crippen LogP contribution in [0.25, 0.3) is 11.1 Å². The van der Waals surface area contributed by atoms with Crippen LogP contribution in [-0.2, 0) is 6.54 Å². The van der Waals surface area contributed by atoms with Crippen LogP contribution in [-0.4, -0.2) is 17.7 Å². The molecule has 1 aliphatic heterocycles. The molecule has 0 saturated heterocycles. The predicted octanol–water partition coefficient (Wildman–Crippen LogP) is 3.01. The highest BCUT2D eigenvalue weighted by Gasteiger charge is 2.19. The van der Waals surface area contributed by atoms with Crippen molar-refractivity contribution in [3.05, 3.63) is 51.8 Å². The maximum absolute atomic E-state index is 12.2. The van der Waals surface area contributed by atoms with Crippen LogP contribution < -0.4 is 10.5 Å². The van der Waals surface area contributed by atoms with E-state index in [1.807, 2.05) is 28.8 Å². The summed E-state index contributed by atoms with van der Waals surface area (Å²) >= 11 is 6.21. The Morgan fingerprint density at radius 3 is 2.74 bits per heavy atom. The fraction of sp³-hybridized carbons (Fsp3) is 0.267. The minimum Gasteiger partial charge on any atom is -0.356 e. The summed E-state index contributed by atoms with van der Waals surface area (Å²) in [6.45, 7) is 4.68. The molecule has 0 unspecified atom stereocenters. The van der Waals surface area contributed by atoms with E-state index in [-0.39, 0.29) is 5.56 Å². The van der Waals surface area contributed by atoms with E-state index in [9.17, 15) is 4.79 Å². The van der Waals surface area contributed by atoms with Crippen LogP contribution in [0.1, 0.15) is 6.92 Å². The summed E-state index contributed by atoms with van der Waals surface area (Å²) < 4.78 is 1.82. The van der Waals surface area contributed by atoms with Gasteiger partial charge in [0.05, 0.1) is 0 Å². The third-order valence-electron chi connectivity index (χ3n) is 3.59. The zero-order valence-electron chi connectivity index (χ0n) is 10.8. The number of fused-ring (bicyclic) bond motifs is 1. The van der Waals surface area contributed by atoms with E-state index < -0.39 is 0 Å². The van der Waals surface area contributed by atoms with Crippen molar-refractivity contribution in [3.63, 3.8) is 0 Å². The summed E-state index contributed by atoms with van der Waals surface area (Å²) in [4.78, 5) is 14.4. The van der Waals surface area contributed by atoms with Gasteiger partial charge in [-0.1, -0.05) is 29.8 Å². The van der Waals surface area contributed by atoms with Crippen molar-refractivity contribution in [2.45, 2.75) is 13.5 Å². The van der Waals surface area contributed by atoms with E-state index in [0.717, 1.165) is 36.6 Å². The lowest BCUT2D eigenvalue weighted by Crippen LogP contribution is -2.20. The van der Waals surface area contributed by atoms with E-state index in [4.69, 9.17) is 11.6 Å². The number of aromatic nitrogens is 1. The Morgan fingerprint density at radius 1 is 1.21 bits per heavy atom. The van der Waals surface area contributed by atoms with Gasteiger partial charge >= 0.3 is 0 Å². The molecule has 0 fully saturated rings. The lowest BCUT2D eigenvalue weighted by molar-refractivity contribution is 0.756. The number of likely N-dealkylation sites (N-methyl/N-ethyl adjacent to an activating group) is 1. The minimum atomic E-state index is 0.0448. The van der Waals surface area contributed by atoms with Crippen LogP contribution in [0, 0.1) is 0 Å². The van der Waals surface area contributed by atoms with Crippen molar-refractivity contribution in [1.29, 1.82) is 0 Å². The molecule has 0 N–H and O–H groups in total. The second-order valence-corrected chi connectivity index (χ2v) is 5.06. The number of nitrogens with zero attached hydrogens (tertiary/aromatic N) is 2. The van der Waals surface area contributed by atoms with Crippen molar-refractivity contribution in [3.8, 4) is 11.1 Å². The Balaban J connectivity index is 2.18. The van der Waals surface area contributed by atoms with Gasteiger partial charge in [-0.25, -0.2) is 0 Å². The number of hydrogen-bond acceptors (Lipinski definition) is 2. The number of rotatable bonds is 2. The zero-order chi connectivity index (χ0) is 13.4. The predicted molar refractivity (Wildman–Crippen MR) is 79.0 cm³/mol. The minimum absolute atomic E-state index is 0.0448. The summed E-state index contributed by atoms with van der Waals surface area (Å²) in [5, 5.41) is 0.674. The molecule has 98 valence electrons. The second kappa shape index (κ2) is 4.74. The first-order valence-corrected chi connectivity index (χ1v) is 6.83. The second-order valence-electron chi connectivity index (χ2n) is 4.65. The average molecular weight is 275 g/mol. The zero-order valence-corrected chi connectivity index (χ0v) is 11.5. The molecule has 2 aromatic rings. The van der Waals surface area contributed by atoms with E-state index >= 15 is 0 Å². The van der Waals surface area contributed by atoms with Gasteiger partial charge in [-0.2, -0.15) is 0 Å². The molecule has 0 spiro atoms. The van der Waals surface area contributed by atoms with Gasteiger partial charge in [-0.05, 0) is 24.6 Å². The number of benzene rings is 1. The topological polar surface area (TPSA) is 25.2 Å². The number of halogens is 1. The molecule has 1 aliphatic rings. The first-order chi connectivity index (χ1) is 9.20. The Morgan fingerprint density at radius 2 is 2.00 bits per heavy atom. The molecule has 0 amide bonds. The SMILES string of the molecule is CCN1CCn2c1cc(-c1ccccc1Cl)cc2=O. The molecule has 0 aliphatic carbocycles. The van der Waals surface area contributed by atoms with Crippen LogP contribution in [0.4, 0.5) is 5.82 Å².